The Bertz CT molecular complexity index is 829. The molecule has 1 saturated carbocycles. The van der Waals surface area contributed by atoms with E-state index in [2.05, 4.69) is 16.3 Å². The molecule has 1 aliphatic heterocycles. The lowest BCUT2D eigenvalue weighted by molar-refractivity contribution is 0.0738. The number of carbonyl (C=O) groups is 1. The second-order valence-electron chi connectivity index (χ2n) is 6.74. The highest BCUT2D eigenvalue weighted by molar-refractivity contribution is 6.34. The van der Waals surface area contributed by atoms with Gasteiger partial charge in [0.25, 0.3) is 5.91 Å². The first-order valence-corrected chi connectivity index (χ1v) is 9.35. The summed E-state index contributed by atoms with van der Waals surface area (Å²) in [4.78, 5) is 14.5. The minimum absolute atomic E-state index is 0.0167. The van der Waals surface area contributed by atoms with Crippen molar-refractivity contribution in [1.29, 1.82) is 0 Å². The van der Waals surface area contributed by atoms with E-state index in [1.54, 1.807) is 6.07 Å². The number of hydrogen-bond acceptors (Lipinski definition) is 2. The number of halogens is 2. The number of hydrogen-bond donors (Lipinski definition) is 1. The van der Waals surface area contributed by atoms with E-state index in [-0.39, 0.29) is 5.91 Å². The van der Waals surface area contributed by atoms with Gasteiger partial charge in [-0.25, -0.2) is 0 Å². The van der Waals surface area contributed by atoms with Crippen molar-refractivity contribution in [3.05, 3.63) is 56.8 Å². The first-order valence-electron chi connectivity index (χ1n) is 8.59. The van der Waals surface area contributed by atoms with Gasteiger partial charge < -0.3 is 4.90 Å². The molecule has 0 bridgehead atoms. The third-order valence-electron chi connectivity index (χ3n) is 4.84. The van der Waals surface area contributed by atoms with E-state index in [4.69, 9.17) is 23.2 Å². The SMILES string of the molecule is O=C(c1cc(C2CC2)[nH]n1)N1CCC(=Cc2cc(Cl)ccc2Cl)CC1. The Labute approximate surface area is 156 Å². The molecule has 2 aliphatic rings. The van der Waals surface area contributed by atoms with Crippen LogP contribution in [0.1, 0.15) is 53.3 Å². The van der Waals surface area contributed by atoms with Crippen molar-refractivity contribution in [1.82, 2.24) is 15.1 Å². The van der Waals surface area contributed by atoms with Crippen molar-refractivity contribution in [3.8, 4) is 0 Å². The summed E-state index contributed by atoms with van der Waals surface area (Å²) in [7, 11) is 0. The van der Waals surface area contributed by atoms with E-state index in [1.807, 2.05) is 23.1 Å². The minimum atomic E-state index is 0.0167. The smallest absolute Gasteiger partial charge is 0.274 e. The van der Waals surface area contributed by atoms with Crippen molar-refractivity contribution < 1.29 is 4.79 Å². The maximum atomic E-state index is 12.6. The first kappa shape index (κ1) is 16.7. The molecule has 1 amide bonds. The maximum absolute atomic E-state index is 12.6. The monoisotopic (exact) mass is 375 g/mol. The highest BCUT2D eigenvalue weighted by atomic mass is 35.5. The summed E-state index contributed by atoms with van der Waals surface area (Å²) < 4.78 is 0. The Balaban J connectivity index is 1.41. The summed E-state index contributed by atoms with van der Waals surface area (Å²) in [6.45, 7) is 1.41. The summed E-state index contributed by atoms with van der Waals surface area (Å²) >= 11 is 12.3. The van der Waals surface area contributed by atoms with E-state index in [1.165, 1.54) is 18.4 Å². The van der Waals surface area contributed by atoms with Gasteiger partial charge in [0.2, 0.25) is 0 Å². The predicted molar refractivity (Wildman–Crippen MR) is 100 cm³/mol. The van der Waals surface area contributed by atoms with Crippen LogP contribution in [0, 0.1) is 0 Å². The van der Waals surface area contributed by atoms with Crippen LogP contribution in [-0.2, 0) is 0 Å². The molecule has 6 heteroatoms. The number of H-pyrrole nitrogens is 1. The average molecular weight is 376 g/mol. The van der Waals surface area contributed by atoms with Crippen LogP contribution in [0.2, 0.25) is 10.0 Å². The number of likely N-dealkylation sites (tertiary alicyclic amines) is 1. The number of aromatic amines is 1. The van der Waals surface area contributed by atoms with Gasteiger partial charge in [-0.3, -0.25) is 9.89 Å². The minimum Gasteiger partial charge on any atom is -0.337 e. The van der Waals surface area contributed by atoms with Gasteiger partial charge in [0.15, 0.2) is 0 Å². The molecule has 4 rings (SSSR count). The Morgan fingerprint density at radius 1 is 1.20 bits per heavy atom. The molecule has 130 valence electrons. The van der Waals surface area contributed by atoms with Crippen LogP contribution in [0.5, 0.6) is 0 Å². The zero-order valence-corrected chi connectivity index (χ0v) is 15.3. The Morgan fingerprint density at radius 3 is 2.68 bits per heavy atom. The molecule has 4 nitrogen and oxygen atoms in total. The second kappa shape index (κ2) is 6.85. The molecule has 2 heterocycles. The predicted octanol–water partition coefficient (Wildman–Crippen LogP) is 4.91. The normalized spacial score (nSPS) is 17.7. The van der Waals surface area contributed by atoms with Gasteiger partial charge >= 0.3 is 0 Å². The maximum Gasteiger partial charge on any atom is 0.274 e. The molecular formula is C19H19Cl2N3O. The zero-order chi connectivity index (χ0) is 17.4. The van der Waals surface area contributed by atoms with Crippen molar-refractivity contribution in [2.24, 2.45) is 0 Å². The summed E-state index contributed by atoms with van der Waals surface area (Å²) in [6, 6.07) is 7.38. The van der Waals surface area contributed by atoms with Gasteiger partial charge in [0, 0.05) is 34.7 Å². The van der Waals surface area contributed by atoms with E-state index in [0.717, 1.165) is 24.1 Å². The number of rotatable bonds is 3. The molecule has 2 aromatic rings. The van der Waals surface area contributed by atoms with E-state index >= 15 is 0 Å². The lowest BCUT2D eigenvalue weighted by Crippen LogP contribution is -2.36. The number of piperidine rings is 1. The van der Waals surface area contributed by atoms with Crippen LogP contribution in [0.3, 0.4) is 0 Å². The number of aromatic nitrogens is 2. The van der Waals surface area contributed by atoms with Gasteiger partial charge in [0.1, 0.15) is 5.69 Å². The third-order valence-corrected chi connectivity index (χ3v) is 5.42. The summed E-state index contributed by atoms with van der Waals surface area (Å²) in [5.74, 6) is 0.593. The van der Waals surface area contributed by atoms with Crippen LogP contribution in [-0.4, -0.2) is 34.1 Å². The highest BCUT2D eigenvalue weighted by Gasteiger charge is 2.28. The number of carbonyl (C=O) groups excluding carboxylic acids is 1. The number of nitrogens with one attached hydrogen (secondary N) is 1. The standard InChI is InChI=1S/C19H19Cl2N3O/c20-15-3-4-16(21)14(10-15)9-12-5-7-24(8-6-12)19(25)18-11-17(22-23-18)13-1-2-13/h3-4,9-11,13H,1-2,5-8H2,(H,22,23). The Morgan fingerprint density at radius 2 is 1.96 bits per heavy atom. The Hall–Kier alpha value is -1.78. The fourth-order valence-electron chi connectivity index (χ4n) is 3.20. The van der Waals surface area contributed by atoms with Gasteiger partial charge in [-0.05, 0) is 55.5 Å². The van der Waals surface area contributed by atoms with E-state index in [0.29, 0.717) is 34.7 Å². The molecule has 25 heavy (non-hydrogen) atoms. The molecule has 1 aromatic carbocycles. The van der Waals surface area contributed by atoms with Gasteiger partial charge in [0.05, 0.1) is 0 Å². The molecule has 0 radical (unpaired) electrons. The average Bonchev–Trinajstić information content (AvgIpc) is 3.35. The summed E-state index contributed by atoms with van der Waals surface area (Å²) in [5, 5.41) is 8.57. The number of benzene rings is 1. The van der Waals surface area contributed by atoms with E-state index < -0.39 is 0 Å². The Kier molecular flexibility index (Phi) is 4.57. The molecule has 1 aliphatic carbocycles. The van der Waals surface area contributed by atoms with Crippen LogP contribution < -0.4 is 0 Å². The van der Waals surface area contributed by atoms with Crippen molar-refractivity contribution in [2.45, 2.75) is 31.6 Å². The topological polar surface area (TPSA) is 49.0 Å². The van der Waals surface area contributed by atoms with Crippen LogP contribution in [0.15, 0.2) is 29.8 Å². The van der Waals surface area contributed by atoms with Crippen molar-refractivity contribution in [2.75, 3.05) is 13.1 Å². The largest absolute Gasteiger partial charge is 0.337 e. The van der Waals surface area contributed by atoms with Gasteiger partial charge in [-0.1, -0.05) is 34.9 Å². The van der Waals surface area contributed by atoms with Crippen molar-refractivity contribution >= 4 is 35.2 Å². The quantitative estimate of drug-likeness (QED) is 0.827. The number of amides is 1. The molecule has 2 fully saturated rings. The zero-order valence-electron chi connectivity index (χ0n) is 13.8. The molecule has 0 unspecified atom stereocenters. The van der Waals surface area contributed by atoms with Gasteiger partial charge in [-0.15, -0.1) is 0 Å². The molecule has 1 saturated heterocycles. The van der Waals surface area contributed by atoms with Crippen molar-refractivity contribution in [3.63, 3.8) is 0 Å². The van der Waals surface area contributed by atoms with Crippen LogP contribution in [0.4, 0.5) is 0 Å². The first-order chi connectivity index (χ1) is 12.1. The van der Waals surface area contributed by atoms with Crippen LogP contribution >= 0.6 is 23.2 Å². The number of nitrogens with zero attached hydrogens (tertiary/aromatic N) is 2. The molecule has 1 aromatic heterocycles. The molecule has 0 spiro atoms. The van der Waals surface area contributed by atoms with Gasteiger partial charge in [-0.2, -0.15) is 5.10 Å². The fraction of sp³-hybridized carbons (Fsp3) is 0.368. The molecular weight excluding hydrogens is 357 g/mol. The molecule has 0 atom stereocenters. The van der Waals surface area contributed by atoms with Crippen LogP contribution in [0.25, 0.3) is 6.08 Å². The summed E-state index contributed by atoms with van der Waals surface area (Å²) in [6.07, 6.45) is 6.16. The lowest BCUT2D eigenvalue weighted by Gasteiger charge is -2.28. The summed E-state index contributed by atoms with van der Waals surface area (Å²) in [5.41, 5.74) is 3.85. The molecule has 1 N–H and O–H groups in total. The third kappa shape index (κ3) is 3.75. The van der Waals surface area contributed by atoms with E-state index in [9.17, 15) is 4.79 Å². The highest BCUT2D eigenvalue weighted by Crippen LogP contribution is 2.39. The lowest BCUT2D eigenvalue weighted by atomic mass is 10.0. The second-order valence-corrected chi connectivity index (χ2v) is 7.59. The fourth-order valence-corrected chi connectivity index (χ4v) is 3.55.